The normalized spacial score (nSPS) is 13.8. The molecule has 0 spiro atoms. The van der Waals surface area contributed by atoms with E-state index in [1.165, 1.54) is 11.1 Å². The zero-order chi connectivity index (χ0) is 15.4. The minimum atomic E-state index is -0.155. The summed E-state index contributed by atoms with van der Waals surface area (Å²) in [6.45, 7) is 2.45. The van der Waals surface area contributed by atoms with Crippen molar-refractivity contribution < 1.29 is 4.79 Å². The summed E-state index contributed by atoms with van der Waals surface area (Å²) in [6, 6.07) is 16.4. The molecule has 122 valence electrons. The highest BCUT2D eigenvalue weighted by molar-refractivity contribution is 7.99. The van der Waals surface area contributed by atoms with E-state index in [2.05, 4.69) is 28.8 Å². The third-order valence-electron chi connectivity index (χ3n) is 3.94. The van der Waals surface area contributed by atoms with Crippen LogP contribution >= 0.6 is 24.2 Å². The van der Waals surface area contributed by atoms with Crippen LogP contribution in [0.25, 0.3) is 0 Å². The average Bonchev–Trinajstić information content (AvgIpc) is 3.02. The molecular formula is C18H21ClN2OS. The number of fused-ring (bicyclic) bond motifs is 1. The van der Waals surface area contributed by atoms with Crippen molar-refractivity contribution in [2.45, 2.75) is 24.9 Å². The highest BCUT2D eigenvalue weighted by atomic mass is 35.5. The van der Waals surface area contributed by atoms with Crippen molar-refractivity contribution in [3.8, 4) is 0 Å². The van der Waals surface area contributed by atoms with E-state index in [4.69, 9.17) is 0 Å². The molecule has 0 aliphatic carbocycles. The fourth-order valence-electron chi connectivity index (χ4n) is 2.76. The molecule has 1 aliphatic rings. The van der Waals surface area contributed by atoms with Gasteiger partial charge in [-0.1, -0.05) is 48.5 Å². The molecule has 2 aromatic rings. The molecule has 3 rings (SSSR count). The van der Waals surface area contributed by atoms with Crippen LogP contribution in [-0.2, 0) is 24.4 Å². The molecule has 1 unspecified atom stereocenters. The second-order valence-electron chi connectivity index (χ2n) is 5.45. The van der Waals surface area contributed by atoms with E-state index >= 15 is 0 Å². The van der Waals surface area contributed by atoms with Gasteiger partial charge in [-0.25, -0.2) is 0 Å². The Bertz CT molecular complexity index is 663. The van der Waals surface area contributed by atoms with E-state index in [0.717, 1.165) is 24.2 Å². The van der Waals surface area contributed by atoms with E-state index in [0.29, 0.717) is 6.54 Å². The molecule has 2 aromatic carbocycles. The van der Waals surface area contributed by atoms with Gasteiger partial charge in [0.2, 0.25) is 5.91 Å². The summed E-state index contributed by atoms with van der Waals surface area (Å²) in [4.78, 5) is 12.4. The lowest BCUT2D eigenvalue weighted by Crippen LogP contribution is -2.27. The van der Waals surface area contributed by atoms with Crippen molar-refractivity contribution in [2.75, 3.05) is 6.26 Å². The molecule has 1 amide bonds. The van der Waals surface area contributed by atoms with Crippen LogP contribution < -0.4 is 10.6 Å². The minimum absolute atomic E-state index is 0. The lowest BCUT2D eigenvalue weighted by atomic mass is 10.1. The summed E-state index contributed by atoms with van der Waals surface area (Å²) in [7, 11) is 0. The number of halogens is 1. The van der Waals surface area contributed by atoms with Gasteiger partial charge >= 0.3 is 0 Å². The quantitative estimate of drug-likeness (QED) is 0.869. The molecule has 0 saturated heterocycles. The van der Waals surface area contributed by atoms with E-state index in [9.17, 15) is 4.79 Å². The molecule has 0 fully saturated rings. The topological polar surface area (TPSA) is 41.1 Å². The number of hydrogen-bond donors (Lipinski definition) is 2. The third-order valence-corrected chi connectivity index (χ3v) is 4.90. The van der Waals surface area contributed by atoms with Gasteiger partial charge in [0, 0.05) is 19.6 Å². The summed E-state index contributed by atoms with van der Waals surface area (Å²) in [5.74, 6) is 0.0670. The number of benzene rings is 2. The van der Waals surface area contributed by atoms with Crippen LogP contribution in [0.5, 0.6) is 0 Å². The van der Waals surface area contributed by atoms with E-state index in [-0.39, 0.29) is 23.6 Å². The predicted octanol–water partition coefficient (Wildman–Crippen LogP) is 3.43. The summed E-state index contributed by atoms with van der Waals surface area (Å²) >= 11 is 1.56. The van der Waals surface area contributed by atoms with Crippen LogP contribution in [0.15, 0.2) is 48.5 Å². The van der Waals surface area contributed by atoms with Gasteiger partial charge in [0.25, 0.3) is 0 Å². The SMILES string of the molecule is CSC(C(=O)NCc1ccc2c(c1)CNC2)c1ccccc1.Cl. The number of carbonyl (C=O) groups excluding carboxylic acids is 1. The molecule has 0 radical (unpaired) electrons. The zero-order valence-electron chi connectivity index (χ0n) is 13.0. The summed E-state index contributed by atoms with van der Waals surface area (Å²) in [5, 5.41) is 6.24. The maximum atomic E-state index is 12.4. The second-order valence-corrected chi connectivity index (χ2v) is 6.39. The highest BCUT2D eigenvalue weighted by Crippen LogP contribution is 2.26. The van der Waals surface area contributed by atoms with Gasteiger partial charge in [0.1, 0.15) is 5.25 Å². The molecule has 5 heteroatoms. The third kappa shape index (κ3) is 4.28. The van der Waals surface area contributed by atoms with Crippen LogP contribution in [0.2, 0.25) is 0 Å². The van der Waals surface area contributed by atoms with Gasteiger partial charge < -0.3 is 10.6 Å². The average molecular weight is 349 g/mol. The molecule has 1 aliphatic heterocycles. The molecule has 0 aromatic heterocycles. The lowest BCUT2D eigenvalue weighted by molar-refractivity contribution is -0.120. The molecule has 2 N–H and O–H groups in total. The second kappa shape index (κ2) is 8.39. The van der Waals surface area contributed by atoms with Gasteiger partial charge in [-0.2, -0.15) is 0 Å². The first-order valence-electron chi connectivity index (χ1n) is 7.45. The summed E-state index contributed by atoms with van der Waals surface area (Å²) in [6.07, 6.45) is 1.97. The maximum Gasteiger partial charge on any atom is 0.237 e. The number of rotatable bonds is 5. The Hall–Kier alpha value is -1.49. The largest absolute Gasteiger partial charge is 0.351 e. The first-order chi connectivity index (χ1) is 10.8. The highest BCUT2D eigenvalue weighted by Gasteiger charge is 2.19. The van der Waals surface area contributed by atoms with Crippen molar-refractivity contribution in [1.82, 2.24) is 10.6 Å². The minimum Gasteiger partial charge on any atom is -0.351 e. The van der Waals surface area contributed by atoms with Gasteiger partial charge in [-0.3, -0.25) is 4.79 Å². The first kappa shape index (κ1) is 17.9. The molecule has 1 atom stereocenters. The predicted molar refractivity (Wildman–Crippen MR) is 98.8 cm³/mol. The molecule has 1 heterocycles. The van der Waals surface area contributed by atoms with Crippen LogP contribution in [-0.4, -0.2) is 12.2 Å². The van der Waals surface area contributed by atoms with Crippen LogP contribution in [0.4, 0.5) is 0 Å². The number of hydrogen-bond acceptors (Lipinski definition) is 3. The Morgan fingerprint density at radius 2 is 1.91 bits per heavy atom. The Morgan fingerprint density at radius 1 is 1.17 bits per heavy atom. The fourth-order valence-corrected chi connectivity index (χ4v) is 3.49. The molecule has 3 nitrogen and oxygen atoms in total. The number of nitrogens with one attached hydrogen (secondary N) is 2. The van der Waals surface area contributed by atoms with Crippen molar-refractivity contribution in [3.05, 3.63) is 70.8 Å². The standard InChI is InChI=1S/C18H20N2OS.ClH/c1-22-17(14-5-3-2-4-6-14)18(21)20-10-13-7-8-15-11-19-12-16(15)9-13;/h2-9,17,19H,10-12H2,1H3,(H,20,21);1H. The smallest absolute Gasteiger partial charge is 0.237 e. The van der Waals surface area contributed by atoms with Gasteiger partial charge in [-0.05, 0) is 28.5 Å². The van der Waals surface area contributed by atoms with Crippen molar-refractivity contribution in [2.24, 2.45) is 0 Å². The van der Waals surface area contributed by atoms with E-state index in [1.54, 1.807) is 11.8 Å². The molecule has 0 bridgehead atoms. The Labute approximate surface area is 147 Å². The van der Waals surface area contributed by atoms with Gasteiger partial charge in [0.05, 0.1) is 0 Å². The summed E-state index contributed by atoms with van der Waals surface area (Å²) in [5.41, 5.74) is 4.91. The number of amides is 1. The molecule has 0 saturated carbocycles. The van der Waals surface area contributed by atoms with E-state index in [1.807, 2.05) is 36.6 Å². The molecular weight excluding hydrogens is 328 g/mol. The van der Waals surface area contributed by atoms with E-state index < -0.39 is 0 Å². The zero-order valence-corrected chi connectivity index (χ0v) is 14.7. The lowest BCUT2D eigenvalue weighted by Gasteiger charge is -2.15. The summed E-state index contributed by atoms with van der Waals surface area (Å²) < 4.78 is 0. The number of thioether (sulfide) groups is 1. The maximum absolute atomic E-state index is 12.4. The van der Waals surface area contributed by atoms with Crippen LogP contribution in [0, 0.1) is 0 Å². The van der Waals surface area contributed by atoms with Crippen molar-refractivity contribution >= 4 is 30.1 Å². The van der Waals surface area contributed by atoms with Gasteiger partial charge in [0.15, 0.2) is 0 Å². The molecule has 23 heavy (non-hydrogen) atoms. The monoisotopic (exact) mass is 348 g/mol. The Morgan fingerprint density at radius 3 is 2.65 bits per heavy atom. The van der Waals surface area contributed by atoms with Crippen LogP contribution in [0.1, 0.15) is 27.5 Å². The Kier molecular flexibility index (Phi) is 6.51. The fraction of sp³-hybridized carbons (Fsp3) is 0.278. The van der Waals surface area contributed by atoms with Crippen LogP contribution in [0.3, 0.4) is 0 Å². The van der Waals surface area contributed by atoms with Gasteiger partial charge in [-0.15, -0.1) is 24.2 Å². The van der Waals surface area contributed by atoms with Crippen molar-refractivity contribution in [1.29, 1.82) is 0 Å². The number of carbonyl (C=O) groups is 1. The van der Waals surface area contributed by atoms with Crippen molar-refractivity contribution in [3.63, 3.8) is 0 Å². The Balaban J connectivity index is 0.00000192. The first-order valence-corrected chi connectivity index (χ1v) is 8.73.